The molecular weight excluding hydrogens is 110 g/mol. The van der Waals surface area contributed by atoms with Gasteiger partial charge >= 0.3 is 0 Å². The van der Waals surface area contributed by atoms with Crippen molar-refractivity contribution >= 4 is 6.21 Å². The maximum atomic E-state index is 3.90. The van der Waals surface area contributed by atoms with E-state index in [1.807, 2.05) is 12.2 Å². The van der Waals surface area contributed by atoms with Crippen LogP contribution in [0.15, 0.2) is 34.6 Å². The normalized spacial score (nSPS) is 15.4. The molecule has 0 amide bonds. The third-order valence-electron chi connectivity index (χ3n) is 1.20. The number of hydrogen-bond acceptors (Lipinski definition) is 1. The van der Waals surface area contributed by atoms with Crippen molar-refractivity contribution in [1.82, 2.24) is 0 Å². The van der Waals surface area contributed by atoms with Crippen molar-refractivity contribution in [3.05, 3.63) is 29.7 Å². The molecule has 0 saturated heterocycles. The molecular formula is C8H9N. The molecule has 9 heavy (non-hydrogen) atoms. The van der Waals surface area contributed by atoms with Crippen LogP contribution in [0, 0.1) is 0 Å². The standard InChI is InChI=1S/C8H9N/c1-2-8-4-3-6-9-7-5-8/h4-7H,2H2,1H3. The second kappa shape index (κ2) is 3.06. The van der Waals surface area contributed by atoms with Gasteiger partial charge in [0.2, 0.25) is 0 Å². The lowest BCUT2D eigenvalue weighted by Gasteiger charge is -1.87. The van der Waals surface area contributed by atoms with E-state index in [0.29, 0.717) is 0 Å². The fourth-order valence-corrected chi connectivity index (χ4v) is 0.637. The SMILES string of the molecule is CCC1=CC=NC=C=C1. The molecule has 0 aliphatic carbocycles. The fourth-order valence-electron chi connectivity index (χ4n) is 0.637. The number of nitrogens with zero attached hydrogens (tertiary/aromatic N) is 1. The molecule has 0 aromatic heterocycles. The molecule has 0 unspecified atom stereocenters. The zero-order valence-corrected chi connectivity index (χ0v) is 5.46. The van der Waals surface area contributed by atoms with Crippen LogP contribution < -0.4 is 0 Å². The van der Waals surface area contributed by atoms with Crippen molar-refractivity contribution in [2.45, 2.75) is 13.3 Å². The van der Waals surface area contributed by atoms with Crippen LogP contribution in [0.3, 0.4) is 0 Å². The molecule has 0 saturated carbocycles. The van der Waals surface area contributed by atoms with E-state index in [9.17, 15) is 0 Å². The maximum Gasteiger partial charge on any atom is 0.0686 e. The van der Waals surface area contributed by atoms with Crippen LogP contribution in [-0.2, 0) is 0 Å². The van der Waals surface area contributed by atoms with Crippen molar-refractivity contribution < 1.29 is 0 Å². The van der Waals surface area contributed by atoms with E-state index in [1.165, 1.54) is 5.57 Å². The van der Waals surface area contributed by atoms with E-state index >= 15 is 0 Å². The van der Waals surface area contributed by atoms with Crippen molar-refractivity contribution in [1.29, 1.82) is 0 Å². The summed E-state index contributed by atoms with van der Waals surface area (Å²) in [5.74, 6) is 0. The summed E-state index contributed by atoms with van der Waals surface area (Å²) >= 11 is 0. The molecule has 0 spiro atoms. The van der Waals surface area contributed by atoms with Crippen LogP contribution in [0.5, 0.6) is 0 Å². The van der Waals surface area contributed by atoms with Crippen molar-refractivity contribution in [3.63, 3.8) is 0 Å². The minimum atomic E-state index is 1.05. The molecule has 1 heteroatoms. The summed E-state index contributed by atoms with van der Waals surface area (Å²) in [4.78, 5) is 3.90. The highest BCUT2D eigenvalue weighted by atomic mass is 14.6. The second-order valence-corrected chi connectivity index (χ2v) is 1.83. The van der Waals surface area contributed by atoms with Crippen LogP contribution in [-0.4, -0.2) is 6.21 Å². The van der Waals surface area contributed by atoms with E-state index in [0.717, 1.165) is 6.42 Å². The molecule has 1 nitrogen and oxygen atoms in total. The lowest BCUT2D eigenvalue weighted by Crippen LogP contribution is -1.72. The van der Waals surface area contributed by atoms with Gasteiger partial charge in [0, 0.05) is 6.21 Å². The van der Waals surface area contributed by atoms with Crippen LogP contribution in [0.2, 0.25) is 0 Å². The predicted octanol–water partition coefficient (Wildman–Crippen LogP) is 2.08. The molecule has 46 valence electrons. The first-order valence-electron chi connectivity index (χ1n) is 3.07. The Morgan fingerprint density at radius 1 is 1.67 bits per heavy atom. The summed E-state index contributed by atoms with van der Waals surface area (Å²) in [5.41, 5.74) is 4.20. The summed E-state index contributed by atoms with van der Waals surface area (Å²) in [6.07, 6.45) is 8.45. The van der Waals surface area contributed by atoms with Crippen molar-refractivity contribution in [3.8, 4) is 0 Å². The van der Waals surface area contributed by atoms with Gasteiger partial charge in [-0.25, -0.2) is 0 Å². The van der Waals surface area contributed by atoms with Gasteiger partial charge in [0.15, 0.2) is 0 Å². The Hall–Kier alpha value is -1.07. The molecule has 1 aliphatic rings. The number of allylic oxidation sites excluding steroid dienone is 3. The summed E-state index contributed by atoms with van der Waals surface area (Å²) in [6, 6.07) is 0. The van der Waals surface area contributed by atoms with E-state index in [1.54, 1.807) is 12.4 Å². The van der Waals surface area contributed by atoms with Crippen LogP contribution in [0.25, 0.3) is 0 Å². The molecule has 0 bridgehead atoms. The minimum Gasteiger partial charge on any atom is -0.256 e. The Morgan fingerprint density at radius 2 is 2.56 bits per heavy atom. The molecule has 1 aliphatic heterocycles. The minimum absolute atomic E-state index is 1.05. The Morgan fingerprint density at radius 3 is 3.33 bits per heavy atom. The lowest BCUT2D eigenvalue weighted by atomic mass is 10.2. The van der Waals surface area contributed by atoms with Gasteiger partial charge in [0.1, 0.15) is 0 Å². The second-order valence-electron chi connectivity index (χ2n) is 1.83. The molecule has 0 atom stereocenters. The van der Waals surface area contributed by atoms with Crippen molar-refractivity contribution in [2.24, 2.45) is 4.99 Å². The molecule has 0 fully saturated rings. The van der Waals surface area contributed by atoms with Gasteiger partial charge in [-0.3, -0.25) is 4.99 Å². The molecule has 0 N–H and O–H groups in total. The molecule has 0 aromatic rings. The zero-order valence-electron chi connectivity index (χ0n) is 5.46. The Labute approximate surface area is 55.1 Å². The first-order valence-corrected chi connectivity index (χ1v) is 3.07. The van der Waals surface area contributed by atoms with E-state index in [4.69, 9.17) is 0 Å². The summed E-state index contributed by atoms with van der Waals surface area (Å²) in [6.45, 7) is 2.11. The third kappa shape index (κ3) is 1.71. The van der Waals surface area contributed by atoms with Gasteiger partial charge in [-0.1, -0.05) is 6.92 Å². The van der Waals surface area contributed by atoms with Gasteiger partial charge < -0.3 is 0 Å². The van der Waals surface area contributed by atoms with Gasteiger partial charge in [0.25, 0.3) is 0 Å². The van der Waals surface area contributed by atoms with Gasteiger partial charge in [-0.15, -0.1) is 5.73 Å². The third-order valence-corrected chi connectivity index (χ3v) is 1.20. The summed E-state index contributed by atoms with van der Waals surface area (Å²) < 4.78 is 0. The van der Waals surface area contributed by atoms with Crippen LogP contribution in [0.1, 0.15) is 13.3 Å². The Kier molecular flexibility index (Phi) is 2.06. The van der Waals surface area contributed by atoms with Gasteiger partial charge in [-0.2, -0.15) is 0 Å². The van der Waals surface area contributed by atoms with Crippen LogP contribution >= 0.6 is 0 Å². The quantitative estimate of drug-likeness (QED) is 0.468. The highest BCUT2D eigenvalue weighted by molar-refractivity contribution is 5.74. The van der Waals surface area contributed by atoms with E-state index in [-0.39, 0.29) is 0 Å². The first-order chi connectivity index (χ1) is 4.43. The summed E-state index contributed by atoms with van der Waals surface area (Å²) in [5, 5.41) is 0. The first kappa shape index (κ1) is 6.06. The summed E-state index contributed by atoms with van der Waals surface area (Å²) in [7, 11) is 0. The average molecular weight is 119 g/mol. The molecule has 0 aromatic carbocycles. The topological polar surface area (TPSA) is 12.4 Å². The maximum absolute atomic E-state index is 3.90. The average Bonchev–Trinajstić information content (AvgIpc) is 2.13. The smallest absolute Gasteiger partial charge is 0.0686 e. The van der Waals surface area contributed by atoms with E-state index < -0.39 is 0 Å². The van der Waals surface area contributed by atoms with E-state index in [2.05, 4.69) is 17.6 Å². The number of hydrogen-bond donors (Lipinski definition) is 0. The fraction of sp³-hybridized carbons (Fsp3) is 0.250. The zero-order chi connectivity index (χ0) is 6.53. The monoisotopic (exact) mass is 119 g/mol. The number of aliphatic imine (C=N–C) groups is 1. The van der Waals surface area contributed by atoms with Crippen LogP contribution in [0.4, 0.5) is 0 Å². The lowest BCUT2D eigenvalue weighted by molar-refractivity contribution is 1.16. The highest BCUT2D eigenvalue weighted by Crippen LogP contribution is 2.01. The Balaban J connectivity index is 2.82. The molecule has 0 radical (unpaired) electrons. The Bertz CT molecular complexity index is 203. The largest absolute Gasteiger partial charge is 0.256 e. The highest BCUT2D eigenvalue weighted by Gasteiger charge is 1.84. The van der Waals surface area contributed by atoms with Gasteiger partial charge in [-0.05, 0) is 24.1 Å². The molecule has 1 heterocycles. The van der Waals surface area contributed by atoms with Gasteiger partial charge in [0.05, 0.1) is 6.20 Å². The molecule has 1 rings (SSSR count). The van der Waals surface area contributed by atoms with Crippen molar-refractivity contribution in [2.75, 3.05) is 0 Å². The number of rotatable bonds is 1. The predicted molar refractivity (Wildman–Crippen MR) is 39.5 cm³/mol.